The van der Waals surface area contributed by atoms with Crippen molar-refractivity contribution in [2.24, 2.45) is 0 Å². The Bertz CT molecular complexity index is 789. The summed E-state index contributed by atoms with van der Waals surface area (Å²) in [6, 6.07) is 12.7. The molecule has 1 amide bonds. The van der Waals surface area contributed by atoms with E-state index in [-0.39, 0.29) is 17.6 Å². The van der Waals surface area contributed by atoms with Gasteiger partial charge < -0.3 is 10.6 Å². The highest BCUT2D eigenvalue weighted by Crippen LogP contribution is 2.22. The summed E-state index contributed by atoms with van der Waals surface area (Å²) < 4.78 is 0. The van der Waals surface area contributed by atoms with E-state index >= 15 is 0 Å². The van der Waals surface area contributed by atoms with Crippen LogP contribution in [0.5, 0.6) is 0 Å². The fourth-order valence-electron chi connectivity index (χ4n) is 3.07. The van der Waals surface area contributed by atoms with Crippen LogP contribution in [0, 0.1) is 17.0 Å². The van der Waals surface area contributed by atoms with Crippen LogP contribution in [0.1, 0.15) is 33.1 Å². The molecule has 0 spiro atoms. The van der Waals surface area contributed by atoms with Gasteiger partial charge in [0.2, 0.25) is 0 Å². The fraction of sp³-hybridized carbons (Fsp3) is 0.278. The predicted octanol–water partition coefficient (Wildman–Crippen LogP) is 2.52. The summed E-state index contributed by atoms with van der Waals surface area (Å²) in [7, 11) is 0. The summed E-state index contributed by atoms with van der Waals surface area (Å²) in [6.45, 7) is 3.05. The van der Waals surface area contributed by atoms with Crippen molar-refractivity contribution in [2.75, 3.05) is 13.1 Å². The van der Waals surface area contributed by atoms with Crippen molar-refractivity contribution in [1.29, 1.82) is 0 Å². The lowest BCUT2D eigenvalue weighted by Crippen LogP contribution is -2.38. The maximum absolute atomic E-state index is 12.4. The van der Waals surface area contributed by atoms with Crippen molar-refractivity contribution in [3.63, 3.8) is 0 Å². The molecular formula is C18H19N3O3. The van der Waals surface area contributed by atoms with Gasteiger partial charge >= 0.3 is 0 Å². The lowest BCUT2D eigenvalue weighted by Gasteiger charge is -2.27. The van der Waals surface area contributed by atoms with Crippen molar-refractivity contribution in [3.8, 4) is 0 Å². The van der Waals surface area contributed by atoms with Gasteiger partial charge in [-0.05, 0) is 42.6 Å². The Morgan fingerprint density at radius 2 is 2.12 bits per heavy atom. The third kappa shape index (κ3) is 3.44. The molecule has 1 atom stereocenters. The number of fused-ring (bicyclic) bond motifs is 1. The molecule has 0 aromatic heterocycles. The largest absolute Gasteiger partial charge is 0.350 e. The van der Waals surface area contributed by atoms with E-state index in [1.807, 2.05) is 12.1 Å². The molecule has 1 heterocycles. The van der Waals surface area contributed by atoms with Gasteiger partial charge in [-0.1, -0.05) is 24.3 Å². The second kappa shape index (κ2) is 6.80. The number of amides is 1. The molecule has 0 saturated carbocycles. The molecule has 2 aromatic carbocycles. The van der Waals surface area contributed by atoms with Gasteiger partial charge in [0, 0.05) is 30.3 Å². The minimum Gasteiger partial charge on any atom is -0.350 e. The number of nitro groups is 1. The number of hydrogen-bond acceptors (Lipinski definition) is 4. The molecule has 0 saturated heterocycles. The molecule has 1 aliphatic rings. The van der Waals surface area contributed by atoms with E-state index in [4.69, 9.17) is 0 Å². The van der Waals surface area contributed by atoms with Gasteiger partial charge in [0.05, 0.1) is 4.92 Å². The Morgan fingerprint density at radius 1 is 1.33 bits per heavy atom. The zero-order chi connectivity index (χ0) is 17.1. The Kier molecular flexibility index (Phi) is 4.57. The van der Waals surface area contributed by atoms with E-state index in [9.17, 15) is 14.9 Å². The lowest BCUT2D eigenvalue weighted by atomic mass is 9.94. The summed E-state index contributed by atoms with van der Waals surface area (Å²) in [6.07, 6.45) is 0.977. The van der Waals surface area contributed by atoms with Crippen LogP contribution in [0.4, 0.5) is 5.69 Å². The van der Waals surface area contributed by atoms with E-state index in [2.05, 4.69) is 22.8 Å². The Balaban J connectivity index is 1.72. The molecule has 0 aliphatic carbocycles. The lowest BCUT2D eigenvalue weighted by molar-refractivity contribution is -0.384. The van der Waals surface area contributed by atoms with Gasteiger partial charge in [-0.25, -0.2) is 0 Å². The maximum Gasteiger partial charge on any atom is 0.270 e. The molecule has 2 N–H and O–H groups in total. The summed E-state index contributed by atoms with van der Waals surface area (Å²) in [5.74, 6) is -0.299. The van der Waals surface area contributed by atoms with Crippen LogP contribution in [0.2, 0.25) is 0 Å². The molecule has 0 radical (unpaired) electrons. The number of carbonyl (C=O) groups is 1. The first-order chi connectivity index (χ1) is 11.5. The van der Waals surface area contributed by atoms with Gasteiger partial charge in [0.25, 0.3) is 11.6 Å². The SMILES string of the molecule is Cc1cc(C(=O)NCC2NCCc3ccccc32)cc([N+](=O)[O-])c1. The average Bonchev–Trinajstić information content (AvgIpc) is 2.59. The van der Waals surface area contributed by atoms with Crippen molar-refractivity contribution in [2.45, 2.75) is 19.4 Å². The Labute approximate surface area is 140 Å². The first-order valence-corrected chi connectivity index (χ1v) is 7.90. The fourth-order valence-corrected chi connectivity index (χ4v) is 3.07. The molecule has 0 fully saturated rings. The van der Waals surface area contributed by atoms with Crippen LogP contribution in [0.3, 0.4) is 0 Å². The van der Waals surface area contributed by atoms with Gasteiger partial charge in [-0.15, -0.1) is 0 Å². The zero-order valence-electron chi connectivity index (χ0n) is 13.4. The van der Waals surface area contributed by atoms with Crippen molar-refractivity contribution >= 4 is 11.6 Å². The molecule has 1 unspecified atom stereocenters. The van der Waals surface area contributed by atoms with Crippen LogP contribution in [-0.4, -0.2) is 23.9 Å². The van der Waals surface area contributed by atoms with Gasteiger partial charge in [-0.2, -0.15) is 0 Å². The Hall–Kier alpha value is -2.73. The summed E-state index contributed by atoms with van der Waals surface area (Å²) in [5.41, 5.74) is 3.42. The van der Waals surface area contributed by atoms with Crippen LogP contribution in [0.25, 0.3) is 0 Å². The number of nitrogens with zero attached hydrogens (tertiary/aromatic N) is 1. The van der Waals surface area contributed by atoms with E-state index in [0.717, 1.165) is 13.0 Å². The normalized spacial score (nSPS) is 16.3. The second-order valence-corrected chi connectivity index (χ2v) is 5.98. The van der Waals surface area contributed by atoms with Gasteiger partial charge in [-0.3, -0.25) is 14.9 Å². The molecule has 2 aromatic rings. The molecule has 1 aliphatic heterocycles. The summed E-state index contributed by atoms with van der Waals surface area (Å²) in [4.78, 5) is 22.8. The van der Waals surface area contributed by atoms with Gasteiger partial charge in [0.1, 0.15) is 0 Å². The molecule has 24 heavy (non-hydrogen) atoms. The molecule has 6 heteroatoms. The summed E-state index contributed by atoms with van der Waals surface area (Å²) in [5, 5.41) is 17.2. The van der Waals surface area contributed by atoms with Gasteiger partial charge in [0.15, 0.2) is 0 Å². The highest BCUT2D eigenvalue weighted by atomic mass is 16.6. The number of nitro benzene ring substituents is 1. The first-order valence-electron chi connectivity index (χ1n) is 7.90. The third-order valence-electron chi connectivity index (χ3n) is 4.22. The van der Waals surface area contributed by atoms with Crippen LogP contribution >= 0.6 is 0 Å². The quantitative estimate of drug-likeness (QED) is 0.668. The highest BCUT2D eigenvalue weighted by molar-refractivity contribution is 5.95. The summed E-state index contributed by atoms with van der Waals surface area (Å²) >= 11 is 0. The number of hydrogen-bond donors (Lipinski definition) is 2. The monoisotopic (exact) mass is 325 g/mol. The van der Waals surface area contributed by atoms with Crippen molar-refractivity contribution in [3.05, 3.63) is 74.8 Å². The predicted molar refractivity (Wildman–Crippen MR) is 91.1 cm³/mol. The number of nitrogens with one attached hydrogen (secondary N) is 2. The van der Waals surface area contributed by atoms with Crippen molar-refractivity contribution in [1.82, 2.24) is 10.6 Å². The average molecular weight is 325 g/mol. The minimum atomic E-state index is -0.483. The molecule has 124 valence electrons. The minimum absolute atomic E-state index is 0.0543. The van der Waals surface area contributed by atoms with E-state index < -0.39 is 4.92 Å². The number of non-ortho nitro benzene ring substituents is 1. The second-order valence-electron chi connectivity index (χ2n) is 5.98. The molecule has 3 rings (SSSR count). The zero-order valence-corrected chi connectivity index (χ0v) is 13.4. The smallest absolute Gasteiger partial charge is 0.270 e. The number of aryl methyl sites for hydroxylation is 1. The van der Waals surface area contributed by atoms with E-state index in [1.165, 1.54) is 23.3 Å². The van der Waals surface area contributed by atoms with Crippen LogP contribution < -0.4 is 10.6 Å². The standard InChI is InChI=1S/C18H19N3O3/c1-12-8-14(10-15(9-12)21(23)24)18(22)20-11-17-16-5-3-2-4-13(16)6-7-19-17/h2-5,8-10,17,19H,6-7,11H2,1H3,(H,20,22). The topological polar surface area (TPSA) is 84.3 Å². The Morgan fingerprint density at radius 3 is 2.92 bits per heavy atom. The van der Waals surface area contributed by atoms with E-state index in [1.54, 1.807) is 13.0 Å². The number of benzene rings is 2. The third-order valence-corrected chi connectivity index (χ3v) is 4.22. The molecule has 0 bridgehead atoms. The number of rotatable bonds is 4. The van der Waals surface area contributed by atoms with Crippen LogP contribution in [-0.2, 0) is 6.42 Å². The van der Waals surface area contributed by atoms with Crippen molar-refractivity contribution < 1.29 is 9.72 Å². The molecule has 6 nitrogen and oxygen atoms in total. The first kappa shape index (κ1) is 16.1. The molecular weight excluding hydrogens is 306 g/mol. The highest BCUT2D eigenvalue weighted by Gasteiger charge is 2.20. The maximum atomic E-state index is 12.4. The van der Waals surface area contributed by atoms with Crippen LogP contribution in [0.15, 0.2) is 42.5 Å². The van der Waals surface area contributed by atoms with E-state index in [0.29, 0.717) is 17.7 Å². The number of carbonyl (C=O) groups excluding carboxylic acids is 1.